The van der Waals surface area contributed by atoms with Crippen LogP contribution in [0.1, 0.15) is 28.4 Å². The monoisotopic (exact) mass is 326 g/mol. The molecule has 0 radical (unpaired) electrons. The summed E-state index contributed by atoms with van der Waals surface area (Å²) < 4.78 is 41.6. The molecule has 0 amide bonds. The van der Waals surface area contributed by atoms with Crippen LogP contribution >= 0.6 is 23.4 Å². The number of ether oxygens (including phenoxy) is 1. The van der Waals surface area contributed by atoms with Crippen molar-refractivity contribution in [3.05, 3.63) is 28.3 Å². The molecule has 3 nitrogen and oxygen atoms in total. The van der Waals surface area contributed by atoms with Crippen LogP contribution in [0.3, 0.4) is 0 Å². The SMILES string of the molecule is O=C(O)c1ccc2c(c1Cl)C(OCC(F)(F)F)CCS2. The highest BCUT2D eigenvalue weighted by atomic mass is 35.5. The summed E-state index contributed by atoms with van der Waals surface area (Å²) in [5.74, 6) is -0.624. The molecule has 1 aliphatic heterocycles. The molecule has 2 rings (SSSR count). The second kappa shape index (κ2) is 5.83. The molecule has 0 spiro atoms. The maximum absolute atomic E-state index is 12.2. The molecule has 110 valence electrons. The van der Waals surface area contributed by atoms with Crippen LogP contribution < -0.4 is 0 Å². The molecular weight excluding hydrogens is 317 g/mol. The second-order valence-electron chi connectivity index (χ2n) is 4.20. The zero-order chi connectivity index (χ0) is 14.9. The minimum atomic E-state index is -4.43. The molecule has 1 heterocycles. The predicted molar refractivity (Wildman–Crippen MR) is 68.5 cm³/mol. The zero-order valence-corrected chi connectivity index (χ0v) is 11.6. The van der Waals surface area contributed by atoms with E-state index in [4.69, 9.17) is 21.4 Å². The molecule has 1 aromatic carbocycles. The van der Waals surface area contributed by atoms with Gasteiger partial charge in [-0.2, -0.15) is 13.2 Å². The molecule has 1 N–H and O–H groups in total. The summed E-state index contributed by atoms with van der Waals surface area (Å²) in [4.78, 5) is 11.7. The van der Waals surface area contributed by atoms with Gasteiger partial charge in [0.15, 0.2) is 0 Å². The Labute approximate surface area is 122 Å². The third-order valence-corrected chi connectivity index (χ3v) is 4.29. The Morgan fingerprint density at radius 1 is 1.50 bits per heavy atom. The average molecular weight is 327 g/mol. The number of benzene rings is 1. The van der Waals surface area contributed by atoms with E-state index in [0.29, 0.717) is 22.6 Å². The van der Waals surface area contributed by atoms with Crippen molar-refractivity contribution >= 4 is 29.3 Å². The Morgan fingerprint density at radius 3 is 2.80 bits per heavy atom. The molecule has 1 aliphatic rings. The molecule has 0 bridgehead atoms. The zero-order valence-electron chi connectivity index (χ0n) is 10.0. The van der Waals surface area contributed by atoms with Crippen molar-refractivity contribution in [1.82, 2.24) is 0 Å². The van der Waals surface area contributed by atoms with Gasteiger partial charge in [-0.25, -0.2) is 4.79 Å². The first-order valence-electron chi connectivity index (χ1n) is 5.66. The standard InChI is InChI=1S/C12H10ClF3O3S/c13-10-6(11(17)18)1-2-8-9(10)7(3-4-20-8)19-5-12(14,15)16/h1-2,7H,3-5H2,(H,17,18). The lowest BCUT2D eigenvalue weighted by atomic mass is 10.0. The van der Waals surface area contributed by atoms with Gasteiger partial charge in [0, 0.05) is 16.2 Å². The third-order valence-electron chi connectivity index (χ3n) is 2.78. The van der Waals surface area contributed by atoms with Gasteiger partial charge in [0.05, 0.1) is 16.7 Å². The Kier molecular flexibility index (Phi) is 4.51. The summed E-state index contributed by atoms with van der Waals surface area (Å²) in [5, 5.41) is 8.95. The van der Waals surface area contributed by atoms with Crippen molar-refractivity contribution in [2.75, 3.05) is 12.4 Å². The number of aromatic carboxylic acids is 1. The van der Waals surface area contributed by atoms with Gasteiger partial charge in [-0.1, -0.05) is 11.6 Å². The second-order valence-corrected chi connectivity index (χ2v) is 5.71. The van der Waals surface area contributed by atoms with Crippen molar-refractivity contribution in [2.45, 2.75) is 23.6 Å². The van der Waals surface area contributed by atoms with Crippen LogP contribution in [-0.4, -0.2) is 29.6 Å². The molecule has 0 fully saturated rings. The quantitative estimate of drug-likeness (QED) is 0.906. The number of hydrogen-bond donors (Lipinski definition) is 1. The van der Waals surface area contributed by atoms with E-state index in [1.54, 1.807) is 6.07 Å². The first kappa shape index (κ1) is 15.5. The highest BCUT2D eigenvalue weighted by Gasteiger charge is 2.33. The fourth-order valence-electron chi connectivity index (χ4n) is 1.95. The lowest BCUT2D eigenvalue weighted by Crippen LogP contribution is -2.22. The van der Waals surface area contributed by atoms with Crippen LogP contribution in [0.15, 0.2) is 17.0 Å². The Balaban J connectivity index is 2.33. The van der Waals surface area contributed by atoms with Crippen LogP contribution in [-0.2, 0) is 4.74 Å². The summed E-state index contributed by atoms with van der Waals surface area (Å²) in [6.45, 7) is -1.38. The first-order chi connectivity index (χ1) is 9.29. The molecule has 0 aromatic heterocycles. The van der Waals surface area contributed by atoms with E-state index in [-0.39, 0.29) is 10.6 Å². The summed E-state index contributed by atoms with van der Waals surface area (Å²) >= 11 is 7.43. The van der Waals surface area contributed by atoms with E-state index in [2.05, 4.69) is 0 Å². The summed E-state index contributed by atoms with van der Waals surface area (Å²) in [5.41, 5.74) is 0.209. The summed E-state index contributed by atoms with van der Waals surface area (Å²) in [6.07, 6.45) is -4.90. The lowest BCUT2D eigenvalue weighted by Gasteiger charge is -2.27. The molecule has 0 saturated carbocycles. The third kappa shape index (κ3) is 3.39. The molecule has 1 atom stereocenters. The highest BCUT2D eigenvalue weighted by molar-refractivity contribution is 7.99. The number of halogens is 4. The predicted octanol–water partition coefficient (Wildman–Crippen LogP) is 4.15. The minimum Gasteiger partial charge on any atom is -0.478 e. The van der Waals surface area contributed by atoms with Gasteiger partial charge in [0.25, 0.3) is 0 Å². The van der Waals surface area contributed by atoms with Gasteiger partial charge < -0.3 is 9.84 Å². The number of carboxylic acid groups (broad SMARTS) is 1. The number of carbonyl (C=O) groups is 1. The van der Waals surface area contributed by atoms with E-state index in [0.717, 1.165) is 0 Å². The van der Waals surface area contributed by atoms with Gasteiger partial charge in [-0.05, 0) is 18.6 Å². The van der Waals surface area contributed by atoms with E-state index in [9.17, 15) is 18.0 Å². The summed E-state index contributed by atoms with van der Waals surface area (Å²) in [6, 6.07) is 2.90. The molecule has 0 aliphatic carbocycles. The van der Waals surface area contributed by atoms with Crippen LogP contribution in [0.4, 0.5) is 13.2 Å². The van der Waals surface area contributed by atoms with E-state index < -0.39 is 24.9 Å². The van der Waals surface area contributed by atoms with E-state index in [1.807, 2.05) is 0 Å². The molecule has 8 heteroatoms. The van der Waals surface area contributed by atoms with Crippen molar-refractivity contribution in [3.63, 3.8) is 0 Å². The normalized spacial score (nSPS) is 18.7. The molecular formula is C12H10ClF3O3S. The topological polar surface area (TPSA) is 46.5 Å². The minimum absolute atomic E-state index is 0.0469. The Hall–Kier alpha value is -0.920. The van der Waals surface area contributed by atoms with Crippen LogP contribution in [0.25, 0.3) is 0 Å². The number of hydrogen-bond acceptors (Lipinski definition) is 3. The van der Waals surface area contributed by atoms with E-state index >= 15 is 0 Å². The molecule has 20 heavy (non-hydrogen) atoms. The number of carboxylic acids is 1. The fraction of sp³-hybridized carbons (Fsp3) is 0.417. The smallest absolute Gasteiger partial charge is 0.411 e. The first-order valence-corrected chi connectivity index (χ1v) is 7.03. The fourth-order valence-corrected chi connectivity index (χ4v) is 3.48. The average Bonchev–Trinajstić information content (AvgIpc) is 2.35. The molecule has 1 unspecified atom stereocenters. The van der Waals surface area contributed by atoms with Crippen LogP contribution in [0, 0.1) is 0 Å². The lowest BCUT2D eigenvalue weighted by molar-refractivity contribution is -0.186. The number of fused-ring (bicyclic) bond motifs is 1. The summed E-state index contributed by atoms with van der Waals surface area (Å²) in [7, 11) is 0. The van der Waals surface area contributed by atoms with Crippen LogP contribution in [0.5, 0.6) is 0 Å². The van der Waals surface area contributed by atoms with E-state index in [1.165, 1.54) is 17.8 Å². The van der Waals surface area contributed by atoms with Gasteiger partial charge in [0.1, 0.15) is 6.61 Å². The van der Waals surface area contributed by atoms with Crippen molar-refractivity contribution in [2.24, 2.45) is 0 Å². The van der Waals surface area contributed by atoms with Gasteiger partial charge in [-0.3, -0.25) is 0 Å². The van der Waals surface area contributed by atoms with Gasteiger partial charge >= 0.3 is 12.1 Å². The van der Waals surface area contributed by atoms with Crippen molar-refractivity contribution in [3.8, 4) is 0 Å². The number of rotatable bonds is 3. The van der Waals surface area contributed by atoms with Crippen LogP contribution in [0.2, 0.25) is 5.02 Å². The largest absolute Gasteiger partial charge is 0.478 e. The molecule has 0 saturated heterocycles. The van der Waals surface area contributed by atoms with Gasteiger partial charge in [0.2, 0.25) is 0 Å². The highest BCUT2D eigenvalue weighted by Crippen LogP contribution is 2.43. The maximum atomic E-state index is 12.2. The van der Waals surface area contributed by atoms with Crippen molar-refractivity contribution in [1.29, 1.82) is 0 Å². The molecule has 1 aromatic rings. The Bertz CT molecular complexity index is 533. The van der Waals surface area contributed by atoms with Crippen molar-refractivity contribution < 1.29 is 27.8 Å². The maximum Gasteiger partial charge on any atom is 0.411 e. The van der Waals surface area contributed by atoms with Gasteiger partial charge in [-0.15, -0.1) is 11.8 Å². The Morgan fingerprint density at radius 2 is 2.20 bits per heavy atom. The number of alkyl halides is 3. The number of thioether (sulfide) groups is 1.